The van der Waals surface area contributed by atoms with Gasteiger partial charge in [0.2, 0.25) is 0 Å². The van der Waals surface area contributed by atoms with E-state index in [2.05, 4.69) is 21.2 Å². The lowest BCUT2D eigenvalue weighted by Crippen LogP contribution is -2.51. The van der Waals surface area contributed by atoms with Crippen molar-refractivity contribution in [2.45, 2.75) is 37.6 Å². The molecule has 1 heterocycles. The molecule has 21 heavy (non-hydrogen) atoms. The highest BCUT2D eigenvalue weighted by molar-refractivity contribution is 9.09. The summed E-state index contributed by atoms with van der Waals surface area (Å²) >= 11 is 3.57. The van der Waals surface area contributed by atoms with Gasteiger partial charge >= 0.3 is 0 Å². The predicted octanol–water partition coefficient (Wildman–Crippen LogP) is 3.29. The van der Waals surface area contributed by atoms with Crippen LogP contribution in [0.5, 0.6) is 11.5 Å². The molecular formula is C16H20BrNO3. The van der Waals surface area contributed by atoms with Gasteiger partial charge < -0.3 is 14.8 Å². The van der Waals surface area contributed by atoms with Gasteiger partial charge in [-0.15, -0.1) is 0 Å². The number of carbonyl (C=O) groups is 1. The molecular weight excluding hydrogens is 334 g/mol. The molecule has 0 unspecified atom stereocenters. The summed E-state index contributed by atoms with van der Waals surface area (Å²) in [6, 6.07) is 5.48. The molecule has 5 heteroatoms. The molecule has 0 aromatic heterocycles. The summed E-state index contributed by atoms with van der Waals surface area (Å²) in [7, 11) is 0. The topological polar surface area (TPSA) is 47.6 Å². The Morgan fingerprint density at radius 2 is 1.95 bits per heavy atom. The minimum Gasteiger partial charge on any atom is -0.486 e. The molecule has 0 atom stereocenters. The quantitative estimate of drug-likeness (QED) is 0.848. The van der Waals surface area contributed by atoms with E-state index in [1.165, 1.54) is 19.3 Å². The second-order valence-electron chi connectivity index (χ2n) is 5.76. The summed E-state index contributed by atoms with van der Waals surface area (Å²) in [5.41, 5.74) is 0.436. The number of hydrogen-bond donors (Lipinski definition) is 1. The number of hydrogen-bond acceptors (Lipinski definition) is 3. The summed E-state index contributed by atoms with van der Waals surface area (Å²) in [6.07, 6.45) is 5.63. The predicted molar refractivity (Wildman–Crippen MR) is 84.5 cm³/mol. The number of para-hydroxylation sites is 1. The van der Waals surface area contributed by atoms with Gasteiger partial charge in [0.05, 0.1) is 11.1 Å². The maximum Gasteiger partial charge on any atom is 0.255 e. The molecule has 0 saturated heterocycles. The largest absolute Gasteiger partial charge is 0.486 e. The molecule has 114 valence electrons. The Labute approximate surface area is 133 Å². The fraction of sp³-hybridized carbons (Fsp3) is 0.562. The number of alkyl halides is 1. The van der Waals surface area contributed by atoms with Crippen molar-refractivity contribution in [1.82, 2.24) is 5.32 Å². The highest BCUT2D eigenvalue weighted by atomic mass is 79.9. The molecule has 1 fully saturated rings. The Kier molecular flexibility index (Phi) is 4.38. The molecule has 4 nitrogen and oxygen atoms in total. The van der Waals surface area contributed by atoms with E-state index in [0.717, 1.165) is 18.2 Å². The zero-order chi connectivity index (χ0) is 14.7. The molecule has 1 amide bonds. The summed E-state index contributed by atoms with van der Waals surface area (Å²) in [5, 5.41) is 4.02. The number of halogens is 1. The van der Waals surface area contributed by atoms with Crippen molar-refractivity contribution >= 4 is 21.8 Å². The van der Waals surface area contributed by atoms with Crippen molar-refractivity contribution in [2.75, 3.05) is 18.5 Å². The zero-order valence-electron chi connectivity index (χ0n) is 12.0. The average Bonchev–Trinajstić information content (AvgIpc) is 2.55. The van der Waals surface area contributed by atoms with Crippen molar-refractivity contribution in [3.63, 3.8) is 0 Å². The molecule has 2 aliphatic rings. The first-order valence-electron chi connectivity index (χ1n) is 7.51. The standard InChI is InChI=1S/C16H20BrNO3/c17-11-16(7-2-1-3-8-16)18-15(19)12-5-4-6-13-14(12)21-10-9-20-13/h4-6H,1-3,7-11H2,(H,18,19). The highest BCUT2D eigenvalue weighted by Crippen LogP contribution is 2.35. The monoisotopic (exact) mass is 353 g/mol. The molecule has 0 bridgehead atoms. The van der Waals surface area contributed by atoms with Crippen LogP contribution in [0.15, 0.2) is 18.2 Å². The Bertz CT molecular complexity index is 526. The summed E-state index contributed by atoms with van der Waals surface area (Å²) in [4.78, 5) is 12.7. The van der Waals surface area contributed by atoms with Crippen LogP contribution in [-0.2, 0) is 0 Å². The Morgan fingerprint density at radius 1 is 1.19 bits per heavy atom. The van der Waals surface area contributed by atoms with E-state index >= 15 is 0 Å². The fourth-order valence-corrected chi connectivity index (χ4v) is 3.78. The first-order chi connectivity index (χ1) is 10.2. The van der Waals surface area contributed by atoms with Crippen LogP contribution in [0.2, 0.25) is 0 Å². The number of ether oxygens (including phenoxy) is 2. The summed E-state index contributed by atoms with van der Waals surface area (Å²) < 4.78 is 11.2. The van der Waals surface area contributed by atoms with Crippen LogP contribution in [0, 0.1) is 0 Å². The van der Waals surface area contributed by atoms with Crippen LogP contribution in [0.1, 0.15) is 42.5 Å². The summed E-state index contributed by atoms with van der Waals surface area (Å²) in [5.74, 6) is 1.16. The van der Waals surface area contributed by atoms with E-state index in [1.807, 2.05) is 12.1 Å². The van der Waals surface area contributed by atoms with Crippen molar-refractivity contribution in [1.29, 1.82) is 0 Å². The third-order valence-electron chi connectivity index (χ3n) is 4.26. The fourth-order valence-electron chi connectivity index (χ4n) is 3.08. The van der Waals surface area contributed by atoms with E-state index in [4.69, 9.17) is 9.47 Å². The first-order valence-corrected chi connectivity index (χ1v) is 8.63. The third kappa shape index (κ3) is 3.03. The summed E-state index contributed by atoms with van der Waals surface area (Å²) in [6.45, 7) is 1.02. The minimum absolute atomic E-state index is 0.0706. The smallest absolute Gasteiger partial charge is 0.255 e. The Hall–Kier alpha value is -1.23. The number of nitrogens with one attached hydrogen (secondary N) is 1. The molecule has 0 radical (unpaired) electrons. The minimum atomic E-state index is -0.131. The number of fused-ring (bicyclic) bond motifs is 1. The second kappa shape index (κ2) is 6.26. The number of rotatable bonds is 3. The van der Waals surface area contributed by atoms with Gasteiger partial charge in [0, 0.05) is 5.33 Å². The van der Waals surface area contributed by atoms with Crippen molar-refractivity contribution in [2.24, 2.45) is 0 Å². The molecule has 0 spiro atoms. The van der Waals surface area contributed by atoms with Crippen LogP contribution >= 0.6 is 15.9 Å². The van der Waals surface area contributed by atoms with E-state index < -0.39 is 0 Å². The van der Waals surface area contributed by atoms with E-state index in [-0.39, 0.29) is 11.4 Å². The Balaban J connectivity index is 1.82. The van der Waals surface area contributed by atoms with Gasteiger partial charge in [-0.25, -0.2) is 0 Å². The lowest BCUT2D eigenvalue weighted by atomic mass is 9.83. The van der Waals surface area contributed by atoms with Crippen molar-refractivity contribution in [3.05, 3.63) is 23.8 Å². The molecule has 1 saturated carbocycles. The van der Waals surface area contributed by atoms with Crippen molar-refractivity contribution < 1.29 is 14.3 Å². The number of carbonyl (C=O) groups excluding carboxylic acids is 1. The zero-order valence-corrected chi connectivity index (χ0v) is 13.6. The lowest BCUT2D eigenvalue weighted by Gasteiger charge is -2.37. The SMILES string of the molecule is O=C(NC1(CBr)CCCCC1)c1cccc2c1OCCO2. The molecule has 1 aromatic carbocycles. The van der Waals surface area contributed by atoms with Crippen LogP contribution < -0.4 is 14.8 Å². The van der Waals surface area contributed by atoms with Gasteiger partial charge in [0.1, 0.15) is 13.2 Å². The highest BCUT2D eigenvalue weighted by Gasteiger charge is 2.34. The van der Waals surface area contributed by atoms with Gasteiger partial charge in [0.25, 0.3) is 5.91 Å². The maximum absolute atomic E-state index is 12.7. The van der Waals surface area contributed by atoms with Gasteiger partial charge in [0.15, 0.2) is 11.5 Å². The molecule has 1 aromatic rings. The number of amides is 1. The van der Waals surface area contributed by atoms with Crippen LogP contribution in [0.4, 0.5) is 0 Å². The van der Waals surface area contributed by atoms with Crippen LogP contribution in [0.25, 0.3) is 0 Å². The van der Waals surface area contributed by atoms with Crippen molar-refractivity contribution in [3.8, 4) is 11.5 Å². The van der Waals surface area contributed by atoms with Gasteiger partial charge in [-0.2, -0.15) is 0 Å². The second-order valence-corrected chi connectivity index (χ2v) is 6.32. The van der Waals surface area contributed by atoms with E-state index in [9.17, 15) is 4.79 Å². The van der Waals surface area contributed by atoms with Gasteiger partial charge in [-0.05, 0) is 25.0 Å². The number of benzene rings is 1. The van der Waals surface area contributed by atoms with Gasteiger partial charge in [-0.3, -0.25) is 4.79 Å². The van der Waals surface area contributed by atoms with Gasteiger partial charge in [-0.1, -0.05) is 41.3 Å². The van der Waals surface area contributed by atoms with E-state index in [0.29, 0.717) is 30.3 Å². The normalized spacial score (nSPS) is 19.9. The van der Waals surface area contributed by atoms with Crippen LogP contribution in [-0.4, -0.2) is 30.0 Å². The third-order valence-corrected chi connectivity index (χ3v) is 5.33. The average molecular weight is 354 g/mol. The molecule has 1 aliphatic carbocycles. The van der Waals surface area contributed by atoms with E-state index in [1.54, 1.807) is 6.07 Å². The molecule has 1 N–H and O–H groups in total. The Morgan fingerprint density at radius 3 is 2.71 bits per heavy atom. The first kappa shape index (κ1) is 14.7. The molecule has 3 rings (SSSR count). The lowest BCUT2D eigenvalue weighted by molar-refractivity contribution is 0.0876. The van der Waals surface area contributed by atoms with Crippen LogP contribution in [0.3, 0.4) is 0 Å². The molecule has 1 aliphatic heterocycles. The maximum atomic E-state index is 12.7.